The highest BCUT2D eigenvalue weighted by atomic mass is 16.2. The molecule has 0 aliphatic carbocycles. The molecule has 2 N–H and O–H groups in total. The van der Waals surface area contributed by atoms with Gasteiger partial charge in [-0.1, -0.05) is 50.6 Å². The Bertz CT molecular complexity index is 1190. The summed E-state index contributed by atoms with van der Waals surface area (Å²) in [6.07, 6.45) is 2.48. The molecule has 2 heterocycles. The lowest BCUT2D eigenvalue weighted by atomic mass is 9.98. The number of fused-ring (bicyclic) bond motifs is 2. The maximum Gasteiger partial charge on any atom is 0.275 e. The average molecular weight is 389 g/mol. The predicted molar refractivity (Wildman–Crippen MR) is 112 cm³/mol. The van der Waals surface area contributed by atoms with Crippen molar-refractivity contribution in [1.29, 1.82) is 0 Å². The Labute approximate surface area is 167 Å². The number of rotatable bonds is 6. The van der Waals surface area contributed by atoms with E-state index in [1.807, 2.05) is 36.4 Å². The fourth-order valence-electron chi connectivity index (χ4n) is 3.43. The summed E-state index contributed by atoms with van der Waals surface area (Å²) in [6, 6.07) is 14.7. The molecule has 0 aliphatic heterocycles. The van der Waals surface area contributed by atoms with Crippen LogP contribution in [0.1, 0.15) is 32.1 Å². The minimum Gasteiger partial charge on any atom is -0.344 e. The molecule has 0 saturated carbocycles. The second-order valence-electron chi connectivity index (χ2n) is 7.26. The number of aromatic nitrogens is 4. The van der Waals surface area contributed by atoms with E-state index in [0.717, 1.165) is 22.8 Å². The maximum absolute atomic E-state index is 12.8. The van der Waals surface area contributed by atoms with Crippen molar-refractivity contribution in [2.75, 3.05) is 0 Å². The van der Waals surface area contributed by atoms with Crippen molar-refractivity contribution < 1.29 is 4.79 Å². The van der Waals surface area contributed by atoms with Gasteiger partial charge in [-0.3, -0.25) is 9.59 Å². The Kier molecular flexibility index (Phi) is 5.12. The molecule has 0 spiro atoms. The topological polar surface area (TPSA) is 92.7 Å². The third-order valence-corrected chi connectivity index (χ3v) is 5.29. The summed E-state index contributed by atoms with van der Waals surface area (Å²) >= 11 is 0. The molecule has 0 unspecified atom stereocenters. The zero-order valence-electron chi connectivity index (χ0n) is 16.4. The molecular weight excluding hydrogens is 366 g/mol. The van der Waals surface area contributed by atoms with Crippen LogP contribution in [0.5, 0.6) is 0 Å². The first-order valence-corrected chi connectivity index (χ1v) is 9.75. The molecule has 2 aromatic heterocycles. The molecular formula is C22H23N5O2. The normalized spacial score (nSPS) is 13.4. The van der Waals surface area contributed by atoms with Gasteiger partial charge in [0.1, 0.15) is 12.4 Å². The monoisotopic (exact) mass is 389 g/mol. The van der Waals surface area contributed by atoms with Crippen molar-refractivity contribution in [1.82, 2.24) is 25.1 Å². The Balaban J connectivity index is 1.59. The van der Waals surface area contributed by atoms with Crippen LogP contribution in [-0.4, -0.2) is 25.7 Å². The van der Waals surface area contributed by atoms with E-state index < -0.39 is 0 Å². The van der Waals surface area contributed by atoms with Crippen LogP contribution >= 0.6 is 0 Å². The van der Waals surface area contributed by atoms with E-state index in [4.69, 9.17) is 0 Å². The molecule has 2 atom stereocenters. The van der Waals surface area contributed by atoms with Crippen LogP contribution in [0.2, 0.25) is 0 Å². The van der Waals surface area contributed by atoms with E-state index >= 15 is 0 Å². The molecule has 0 radical (unpaired) electrons. The molecule has 2 aromatic carbocycles. The van der Waals surface area contributed by atoms with E-state index in [2.05, 4.69) is 34.2 Å². The first-order chi connectivity index (χ1) is 14.1. The Hall–Kier alpha value is -3.48. The molecule has 7 heteroatoms. The van der Waals surface area contributed by atoms with Gasteiger partial charge in [-0.2, -0.15) is 5.10 Å². The lowest BCUT2D eigenvalue weighted by molar-refractivity contribution is -0.123. The van der Waals surface area contributed by atoms with E-state index in [-0.39, 0.29) is 30.0 Å². The van der Waals surface area contributed by atoms with E-state index in [0.29, 0.717) is 11.2 Å². The Morgan fingerprint density at radius 3 is 2.72 bits per heavy atom. The van der Waals surface area contributed by atoms with Gasteiger partial charge in [-0.15, -0.1) is 0 Å². The van der Waals surface area contributed by atoms with Gasteiger partial charge in [-0.05, 0) is 24.1 Å². The predicted octanol–water partition coefficient (Wildman–Crippen LogP) is 3.18. The van der Waals surface area contributed by atoms with Gasteiger partial charge in [0.15, 0.2) is 0 Å². The van der Waals surface area contributed by atoms with E-state index in [9.17, 15) is 9.59 Å². The zero-order chi connectivity index (χ0) is 20.4. The van der Waals surface area contributed by atoms with E-state index in [1.54, 1.807) is 18.3 Å². The number of aromatic amines is 1. The number of hydrogen-bond donors (Lipinski definition) is 2. The second kappa shape index (κ2) is 7.87. The highest BCUT2D eigenvalue weighted by Gasteiger charge is 2.24. The minimum atomic E-state index is -0.281. The summed E-state index contributed by atoms with van der Waals surface area (Å²) in [7, 11) is 0. The van der Waals surface area contributed by atoms with Crippen molar-refractivity contribution in [3.63, 3.8) is 0 Å². The molecule has 7 nitrogen and oxygen atoms in total. The fourth-order valence-corrected chi connectivity index (χ4v) is 3.43. The summed E-state index contributed by atoms with van der Waals surface area (Å²) in [5, 5.41) is 8.49. The average Bonchev–Trinajstić information content (AvgIpc) is 3.17. The third-order valence-electron chi connectivity index (χ3n) is 5.29. The smallest absolute Gasteiger partial charge is 0.275 e. The fraction of sp³-hybridized carbons (Fsp3) is 0.273. The van der Waals surface area contributed by atoms with Crippen molar-refractivity contribution in [2.45, 2.75) is 32.9 Å². The number of nitrogens with zero attached hydrogens (tertiary/aromatic N) is 3. The molecule has 4 rings (SSSR count). The number of imidazole rings is 1. The zero-order valence-corrected chi connectivity index (χ0v) is 16.4. The quantitative estimate of drug-likeness (QED) is 0.530. The number of carbonyl (C=O) groups is 1. The summed E-state index contributed by atoms with van der Waals surface area (Å²) in [5.74, 6) is 0.606. The van der Waals surface area contributed by atoms with Crippen LogP contribution in [0.4, 0.5) is 0 Å². The molecule has 0 aliphatic rings. The second-order valence-corrected chi connectivity index (χ2v) is 7.26. The summed E-state index contributed by atoms with van der Waals surface area (Å²) in [6.45, 7) is 4.00. The van der Waals surface area contributed by atoms with Crippen LogP contribution < -0.4 is 10.9 Å². The highest BCUT2D eigenvalue weighted by Crippen LogP contribution is 2.24. The Morgan fingerprint density at radius 1 is 1.17 bits per heavy atom. The van der Waals surface area contributed by atoms with Crippen LogP contribution in [0.3, 0.4) is 0 Å². The van der Waals surface area contributed by atoms with Crippen molar-refractivity contribution >= 4 is 27.7 Å². The van der Waals surface area contributed by atoms with Gasteiger partial charge in [0, 0.05) is 5.39 Å². The SMILES string of the molecule is CC[C@H](C)[C@H](NC(=O)Cn1ncc2ccccc2c1=O)c1nc2ccccc2[nH]1. The van der Waals surface area contributed by atoms with Crippen LogP contribution in [0.25, 0.3) is 21.8 Å². The Morgan fingerprint density at radius 2 is 1.93 bits per heavy atom. The van der Waals surface area contributed by atoms with Crippen LogP contribution in [0, 0.1) is 5.92 Å². The first kappa shape index (κ1) is 18.9. The molecule has 4 aromatic rings. The molecule has 148 valence electrons. The summed E-state index contributed by atoms with van der Waals surface area (Å²) < 4.78 is 1.20. The number of H-pyrrole nitrogens is 1. The number of benzene rings is 2. The number of hydrogen-bond acceptors (Lipinski definition) is 4. The lowest BCUT2D eigenvalue weighted by Gasteiger charge is -2.22. The largest absolute Gasteiger partial charge is 0.344 e. The van der Waals surface area contributed by atoms with Crippen LogP contribution in [-0.2, 0) is 11.3 Å². The molecule has 29 heavy (non-hydrogen) atoms. The molecule has 0 fully saturated rings. The van der Waals surface area contributed by atoms with Gasteiger partial charge < -0.3 is 10.3 Å². The van der Waals surface area contributed by atoms with Gasteiger partial charge in [-0.25, -0.2) is 9.67 Å². The summed E-state index contributed by atoms with van der Waals surface area (Å²) in [5.41, 5.74) is 1.51. The third kappa shape index (κ3) is 3.76. The lowest BCUT2D eigenvalue weighted by Crippen LogP contribution is -2.38. The van der Waals surface area contributed by atoms with Gasteiger partial charge in [0.2, 0.25) is 5.91 Å². The van der Waals surface area contributed by atoms with Crippen LogP contribution in [0.15, 0.2) is 59.5 Å². The van der Waals surface area contributed by atoms with E-state index in [1.165, 1.54) is 4.68 Å². The van der Waals surface area contributed by atoms with Gasteiger partial charge >= 0.3 is 0 Å². The van der Waals surface area contributed by atoms with Crippen molar-refractivity contribution in [2.24, 2.45) is 5.92 Å². The molecule has 0 saturated heterocycles. The summed E-state index contributed by atoms with van der Waals surface area (Å²) in [4.78, 5) is 33.3. The molecule has 1 amide bonds. The van der Waals surface area contributed by atoms with Gasteiger partial charge in [0.25, 0.3) is 5.56 Å². The first-order valence-electron chi connectivity index (χ1n) is 9.75. The standard InChI is InChI=1S/C22H23N5O2/c1-3-14(2)20(21-24-17-10-6-7-11-18(17)25-21)26-19(28)13-27-22(29)16-9-5-4-8-15(16)12-23-27/h4-12,14,20H,3,13H2,1-2H3,(H,24,25)(H,26,28)/t14-,20-/m0/s1. The van der Waals surface area contributed by atoms with Crippen molar-refractivity contribution in [3.05, 3.63) is 70.9 Å². The number of para-hydroxylation sites is 2. The molecule has 0 bridgehead atoms. The minimum absolute atomic E-state index is 0.142. The number of nitrogens with one attached hydrogen (secondary N) is 2. The highest BCUT2D eigenvalue weighted by molar-refractivity contribution is 5.81. The van der Waals surface area contributed by atoms with Crippen molar-refractivity contribution in [3.8, 4) is 0 Å². The van der Waals surface area contributed by atoms with Gasteiger partial charge in [0.05, 0.1) is 28.7 Å². The number of carbonyl (C=O) groups excluding carboxylic acids is 1. The maximum atomic E-state index is 12.8. The number of amides is 1.